The third kappa shape index (κ3) is 2.92. The molecule has 0 bridgehead atoms. The van der Waals surface area contributed by atoms with Crippen molar-refractivity contribution < 1.29 is 22.6 Å². The van der Waals surface area contributed by atoms with Crippen LogP contribution in [0.1, 0.15) is 0 Å². The molecule has 0 aromatic heterocycles. The minimum atomic E-state index is -3.54. The maximum atomic E-state index is 12.0. The number of hydrogen-bond donors (Lipinski definition) is 1. The second-order valence-corrected chi connectivity index (χ2v) is 5.59. The van der Waals surface area contributed by atoms with Gasteiger partial charge in [-0.3, -0.25) is 0 Å². The summed E-state index contributed by atoms with van der Waals surface area (Å²) in [6, 6.07) is 4.45. The van der Waals surface area contributed by atoms with Gasteiger partial charge in [0.1, 0.15) is 0 Å². The first-order chi connectivity index (χ1) is 8.56. The summed E-state index contributed by atoms with van der Waals surface area (Å²) in [5.41, 5.74) is 0. The molecule has 1 N–H and O–H groups in total. The van der Waals surface area contributed by atoms with Gasteiger partial charge in [0, 0.05) is 12.6 Å². The molecule has 1 fully saturated rings. The molecule has 1 saturated heterocycles. The van der Waals surface area contributed by atoms with E-state index in [1.54, 1.807) is 6.07 Å². The van der Waals surface area contributed by atoms with Gasteiger partial charge in [-0.2, -0.15) is 0 Å². The van der Waals surface area contributed by atoms with Gasteiger partial charge in [0.25, 0.3) is 0 Å². The summed E-state index contributed by atoms with van der Waals surface area (Å²) in [5, 5.41) is 0. The zero-order chi connectivity index (χ0) is 13.2. The lowest BCUT2D eigenvalue weighted by atomic mass is 10.3. The standard InChI is InChI=1S/C11H15NO5S/c1-15-10-4-3-9(5-11(10)16-2)18(13,14)12-6-8-7-17-8/h3-5,8,12H,6-7H2,1-2H3/t8-/m0/s1. The van der Waals surface area contributed by atoms with Crippen LogP contribution in [-0.2, 0) is 14.8 Å². The van der Waals surface area contributed by atoms with Gasteiger partial charge in [-0.1, -0.05) is 0 Å². The topological polar surface area (TPSA) is 77.2 Å². The number of hydrogen-bond acceptors (Lipinski definition) is 5. The van der Waals surface area contributed by atoms with E-state index in [9.17, 15) is 8.42 Å². The first-order valence-corrected chi connectivity index (χ1v) is 6.88. The van der Waals surface area contributed by atoms with Crippen LogP contribution < -0.4 is 14.2 Å². The van der Waals surface area contributed by atoms with Crippen molar-refractivity contribution in [1.29, 1.82) is 0 Å². The minimum absolute atomic E-state index is 0.0000751. The normalized spacial score (nSPS) is 18.4. The highest BCUT2D eigenvalue weighted by molar-refractivity contribution is 7.89. The van der Waals surface area contributed by atoms with E-state index >= 15 is 0 Å². The molecular weight excluding hydrogens is 258 g/mol. The second-order valence-electron chi connectivity index (χ2n) is 3.82. The van der Waals surface area contributed by atoms with Crippen LogP contribution in [0.5, 0.6) is 11.5 Å². The second kappa shape index (κ2) is 5.13. The fraction of sp³-hybridized carbons (Fsp3) is 0.455. The highest BCUT2D eigenvalue weighted by atomic mass is 32.2. The van der Waals surface area contributed by atoms with E-state index in [1.165, 1.54) is 26.4 Å². The maximum absolute atomic E-state index is 12.0. The zero-order valence-corrected chi connectivity index (χ0v) is 11.0. The van der Waals surface area contributed by atoms with Crippen LogP contribution in [-0.4, -0.2) is 41.9 Å². The minimum Gasteiger partial charge on any atom is -0.493 e. The van der Waals surface area contributed by atoms with E-state index in [-0.39, 0.29) is 17.5 Å². The lowest BCUT2D eigenvalue weighted by molar-refractivity contribution is 0.354. The molecule has 0 spiro atoms. The molecule has 1 aromatic rings. The monoisotopic (exact) mass is 273 g/mol. The van der Waals surface area contributed by atoms with E-state index in [2.05, 4.69) is 4.72 Å². The van der Waals surface area contributed by atoms with Crippen LogP contribution in [0.15, 0.2) is 23.1 Å². The fourth-order valence-corrected chi connectivity index (χ4v) is 2.54. The van der Waals surface area contributed by atoms with Gasteiger partial charge in [0.15, 0.2) is 11.5 Å². The Hall–Kier alpha value is -1.31. The predicted molar refractivity (Wildman–Crippen MR) is 64.5 cm³/mol. The van der Waals surface area contributed by atoms with Crippen molar-refractivity contribution in [2.24, 2.45) is 0 Å². The van der Waals surface area contributed by atoms with Crippen molar-refractivity contribution in [2.45, 2.75) is 11.0 Å². The van der Waals surface area contributed by atoms with Crippen molar-refractivity contribution in [3.63, 3.8) is 0 Å². The molecule has 7 heteroatoms. The van der Waals surface area contributed by atoms with Gasteiger partial charge < -0.3 is 14.2 Å². The Morgan fingerprint density at radius 2 is 2.00 bits per heavy atom. The van der Waals surface area contributed by atoms with E-state index in [0.717, 1.165) is 0 Å². The Morgan fingerprint density at radius 1 is 1.33 bits per heavy atom. The van der Waals surface area contributed by atoms with Crippen molar-refractivity contribution in [3.05, 3.63) is 18.2 Å². The summed E-state index contributed by atoms with van der Waals surface area (Å²) in [5.74, 6) is 0.866. The molecule has 1 aliphatic heterocycles. The van der Waals surface area contributed by atoms with Gasteiger partial charge in [0.05, 0.1) is 31.8 Å². The molecule has 1 atom stereocenters. The molecule has 0 aliphatic carbocycles. The summed E-state index contributed by atoms with van der Waals surface area (Å²) in [7, 11) is -0.586. The Balaban J connectivity index is 2.20. The Labute approximate surface area is 106 Å². The average molecular weight is 273 g/mol. The Morgan fingerprint density at radius 3 is 2.56 bits per heavy atom. The lowest BCUT2D eigenvalue weighted by Gasteiger charge is -2.10. The molecule has 1 heterocycles. The number of ether oxygens (including phenoxy) is 3. The summed E-state index contributed by atoms with van der Waals surface area (Å²) in [4.78, 5) is 0.140. The lowest BCUT2D eigenvalue weighted by Crippen LogP contribution is -2.27. The molecule has 0 saturated carbocycles. The van der Waals surface area contributed by atoms with Crippen molar-refractivity contribution in [2.75, 3.05) is 27.4 Å². The number of sulfonamides is 1. The fourth-order valence-electron chi connectivity index (χ4n) is 1.46. The van der Waals surface area contributed by atoms with Gasteiger partial charge in [0.2, 0.25) is 10.0 Å². The van der Waals surface area contributed by atoms with Crippen LogP contribution in [0.2, 0.25) is 0 Å². The average Bonchev–Trinajstić information content (AvgIpc) is 3.19. The predicted octanol–water partition coefficient (Wildman–Crippen LogP) is 0.381. The van der Waals surface area contributed by atoms with E-state index in [0.29, 0.717) is 18.1 Å². The molecular formula is C11H15NO5S. The first kappa shape index (κ1) is 13.1. The van der Waals surface area contributed by atoms with E-state index < -0.39 is 10.0 Å². The third-order valence-corrected chi connectivity index (χ3v) is 3.99. The van der Waals surface area contributed by atoms with Crippen molar-refractivity contribution in [3.8, 4) is 11.5 Å². The molecule has 6 nitrogen and oxygen atoms in total. The number of benzene rings is 1. The van der Waals surface area contributed by atoms with E-state index in [1.807, 2.05) is 0 Å². The molecule has 0 unspecified atom stereocenters. The first-order valence-electron chi connectivity index (χ1n) is 5.40. The van der Waals surface area contributed by atoms with Crippen LogP contribution in [0.4, 0.5) is 0 Å². The summed E-state index contributed by atoms with van der Waals surface area (Å²) in [6.07, 6.45) is -0.0000751. The van der Waals surface area contributed by atoms with Crippen LogP contribution >= 0.6 is 0 Å². The smallest absolute Gasteiger partial charge is 0.240 e. The molecule has 1 aliphatic rings. The quantitative estimate of drug-likeness (QED) is 0.758. The van der Waals surface area contributed by atoms with E-state index in [4.69, 9.17) is 14.2 Å². The van der Waals surface area contributed by atoms with Crippen LogP contribution in [0, 0.1) is 0 Å². The molecule has 0 amide bonds. The number of methoxy groups -OCH3 is 2. The van der Waals surface area contributed by atoms with Gasteiger partial charge in [-0.05, 0) is 12.1 Å². The molecule has 1 aromatic carbocycles. The Kier molecular flexibility index (Phi) is 3.74. The van der Waals surface area contributed by atoms with Crippen molar-refractivity contribution in [1.82, 2.24) is 4.72 Å². The highest BCUT2D eigenvalue weighted by Crippen LogP contribution is 2.29. The number of epoxide rings is 1. The van der Waals surface area contributed by atoms with Crippen molar-refractivity contribution >= 4 is 10.0 Å². The number of rotatable bonds is 6. The van der Waals surface area contributed by atoms with Crippen LogP contribution in [0.25, 0.3) is 0 Å². The third-order valence-electron chi connectivity index (χ3n) is 2.57. The molecule has 100 valence electrons. The summed E-state index contributed by atoms with van der Waals surface area (Å²) in [6.45, 7) is 0.894. The molecule has 18 heavy (non-hydrogen) atoms. The van der Waals surface area contributed by atoms with Crippen LogP contribution in [0.3, 0.4) is 0 Å². The molecule has 2 rings (SSSR count). The Bertz CT molecular complexity index is 524. The molecule has 0 radical (unpaired) electrons. The SMILES string of the molecule is COc1ccc(S(=O)(=O)NC[C@H]2CO2)cc1OC. The summed E-state index contributed by atoms with van der Waals surface area (Å²) >= 11 is 0. The number of nitrogens with one attached hydrogen (secondary N) is 1. The van der Waals surface area contributed by atoms with Gasteiger partial charge in [-0.15, -0.1) is 0 Å². The zero-order valence-electron chi connectivity index (χ0n) is 10.2. The van der Waals surface area contributed by atoms with Gasteiger partial charge >= 0.3 is 0 Å². The maximum Gasteiger partial charge on any atom is 0.240 e. The highest BCUT2D eigenvalue weighted by Gasteiger charge is 2.25. The largest absolute Gasteiger partial charge is 0.493 e. The summed E-state index contributed by atoms with van der Waals surface area (Å²) < 4.78 is 41.5. The van der Waals surface area contributed by atoms with Gasteiger partial charge in [-0.25, -0.2) is 13.1 Å².